The summed E-state index contributed by atoms with van der Waals surface area (Å²) in [5.74, 6) is -0.190. The van der Waals surface area contributed by atoms with Gasteiger partial charge in [-0.15, -0.1) is 0 Å². The molecule has 0 aliphatic carbocycles. The summed E-state index contributed by atoms with van der Waals surface area (Å²) < 4.78 is 13.6. The number of benzene rings is 1. The third kappa shape index (κ3) is 6.74. The zero-order valence-electron chi connectivity index (χ0n) is 12.2. The summed E-state index contributed by atoms with van der Waals surface area (Å²) in [6, 6.07) is 4.69. The van der Waals surface area contributed by atoms with Gasteiger partial charge in [-0.1, -0.05) is 23.3 Å². The SMILES string of the molecule is C/C(=C/CCNC(C)(C)C)Cc1cc(Cl)ccc1F. The van der Waals surface area contributed by atoms with Crippen LogP contribution in [0.25, 0.3) is 0 Å². The molecular formula is C16H23ClFN. The molecular weight excluding hydrogens is 261 g/mol. The van der Waals surface area contributed by atoms with E-state index in [9.17, 15) is 4.39 Å². The molecule has 0 unspecified atom stereocenters. The minimum atomic E-state index is -0.190. The van der Waals surface area contributed by atoms with Crippen molar-refractivity contribution >= 4 is 11.6 Å². The van der Waals surface area contributed by atoms with Gasteiger partial charge in [0.2, 0.25) is 0 Å². The van der Waals surface area contributed by atoms with E-state index in [4.69, 9.17) is 11.6 Å². The maximum absolute atomic E-state index is 13.6. The van der Waals surface area contributed by atoms with Crippen LogP contribution in [-0.2, 0) is 6.42 Å². The van der Waals surface area contributed by atoms with Crippen molar-refractivity contribution in [3.8, 4) is 0 Å². The first kappa shape index (κ1) is 16.2. The smallest absolute Gasteiger partial charge is 0.126 e. The van der Waals surface area contributed by atoms with Gasteiger partial charge >= 0.3 is 0 Å². The summed E-state index contributed by atoms with van der Waals surface area (Å²) in [5.41, 5.74) is 1.96. The molecule has 0 bridgehead atoms. The van der Waals surface area contributed by atoms with Crippen LogP contribution >= 0.6 is 11.6 Å². The third-order valence-corrected chi connectivity index (χ3v) is 3.00. The fourth-order valence-electron chi connectivity index (χ4n) is 1.82. The topological polar surface area (TPSA) is 12.0 Å². The van der Waals surface area contributed by atoms with Crippen LogP contribution in [0.3, 0.4) is 0 Å². The lowest BCUT2D eigenvalue weighted by molar-refractivity contribution is 0.431. The molecule has 3 heteroatoms. The number of nitrogens with one attached hydrogen (secondary N) is 1. The summed E-state index contributed by atoms with van der Waals surface area (Å²) in [4.78, 5) is 0. The second-order valence-corrected chi connectivity index (χ2v) is 6.36. The van der Waals surface area contributed by atoms with E-state index in [1.807, 2.05) is 6.92 Å². The highest BCUT2D eigenvalue weighted by Gasteiger charge is 2.07. The van der Waals surface area contributed by atoms with Crippen molar-refractivity contribution in [1.29, 1.82) is 0 Å². The van der Waals surface area contributed by atoms with Crippen LogP contribution < -0.4 is 5.32 Å². The van der Waals surface area contributed by atoms with Crippen molar-refractivity contribution in [2.45, 2.75) is 46.1 Å². The van der Waals surface area contributed by atoms with Gasteiger partial charge in [-0.25, -0.2) is 4.39 Å². The van der Waals surface area contributed by atoms with Crippen LogP contribution in [0.15, 0.2) is 29.8 Å². The Bertz CT molecular complexity index is 447. The molecule has 1 nitrogen and oxygen atoms in total. The second kappa shape index (κ2) is 7.06. The Kier molecular flexibility index (Phi) is 6.02. The Morgan fingerprint density at radius 1 is 1.37 bits per heavy atom. The molecule has 0 saturated heterocycles. The van der Waals surface area contributed by atoms with E-state index in [1.165, 1.54) is 6.07 Å². The van der Waals surface area contributed by atoms with Gasteiger partial charge in [0.15, 0.2) is 0 Å². The number of rotatable bonds is 5. The van der Waals surface area contributed by atoms with Crippen LogP contribution in [0.1, 0.15) is 39.7 Å². The van der Waals surface area contributed by atoms with Gasteiger partial charge in [-0.2, -0.15) is 0 Å². The van der Waals surface area contributed by atoms with Crippen molar-refractivity contribution in [3.63, 3.8) is 0 Å². The molecule has 0 atom stereocenters. The average Bonchev–Trinajstić information content (AvgIpc) is 2.28. The molecule has 0 aliphatic rings. The Morgan fingerprint density at radius 2 is 2.05 bits per heavy atom. The minimum Gasteiger partial charge on any atom is -0.312 e. The summed E-state index contributed by atoms with van der Waals surface area (Å²) in [6.45, 7) is 9.39. The molecule has 0 amide bonds. The Balaban J connectivity index is 2.50. The van der Waals surface area contributed by atoms with Gasteiger partial charge in [-0.05, 0) is 70.8 Å². The van der Waals surface area contributed by atoms with Crippen LogP contribution in [0.4, 0.5) is 4.39 Å². The fraction of sp³-hybridized carbons (Fsp3) is 0.500. The average molecular weight is 284 g/mol. The van der Waals surface area contributed by atoms with E-state index >= 15 is 0 Å². The highest BCUT2D eigenvalue weighted by atomic mass is 35.5. The normalized spacial score (nSPS) is 12.8. The minimum absolute atomic E-state index is 0.140. The zero-order chi connectivity index (χ0) is 14.5. The Hall–Kier alpha value is -0.860. The maximum Gasteiger partial charge on any atom is 0.126 e. The van der Waals surface area contributed by atoms with Crippen molar-refractivity contribution in [2.24, 2.45) is 0 Å². The van der Waals surface area contributed by atoms with Crippen molar-refractivity contribution in [2.75, 3.05) is 6.54 Å². The van der Waals surface area contributed by atoms with E-state index in [2.05, 4.69) is 32.2 Å². The van der Waals surface area contributed by atoms with Gasteiger partial charge in [0.1, 0.15) is 5.82 Å². The van der Waals surface area contributed by atoms with E-state index in [0.29, 0.717) is 17.0 Å². The largest absolute Gasteiger partial charge is 0.312 e. The first-order valence-electron chi connectivity index (χ1n) is 6.62. The molecule has 1 N–H and O–H groups in total. The molecule has 0 spiro atoms. The van der Waals surface area contributed by atoms with Crippen molar-refractivity contribution < 1.29 is 4.39 Å². The van der Waals surface area contributed by atoms with E-state index < -0.39 is 0 Å². The summed E-state index contributed by atoms with van der Waals surface area (Å²) in [6.07, 6.45) is 3.71. The second-order valence-electron chi connectivity index (χ2n) is 5.93. The fourth-order valence-corrected chi connectivity index (χ4v) is 2.01. The van der Waals surface area contributed by atoms with Gasteiger partial charge in [0, 0.05) is 10.6 Å². The van der Waals surface area contributed by atoms with Crippen LogP contribution in [0.2, 0.25) is 5.02 Å². The first-order valence-corrected chi connectivity index (χ1v) is 7.00. The van der Waals surface area contributed by atoms with Gasteiger partial charge in [0.25, 0.3) is 0 Å². The standard InChI is InChI=1S/C16H23ClFN/c1-12(6-5-9-19-16(2,3)4)10-13-11-14(17)7-8-15(13)18/h6-8,11,19H,5,9-10H2,1-4H3/b12-6-. The molecule has 0 aromatic heterocycles. The molecule has 0 radical (unpaired) electrons. The van der Waals surface area contributed by atoms with Crippen LogP contribution in [0.5, 0.6) is 0 Å². The quantitative estimate of drug-likeness (QED) is 0.608. The number of halogens is 2. The molecule has 0 fully saturated rings. The maximum atomic E-state index is 13.6. The predicted molar refractivity (Wildman–Crippen MR) is 81.2 cm³/mol. The lowest BCUT2D eigenvalue weighted by Crippen LogP contribution is -2.36. The highest BCUT2D eigenvalue weighted by Crippen LogP contribution is 2.18. The molecule has 19 heavy (non-hydrogen) atoms. The van der Waals surface area contributed by atoms with E-state index in [1.54, 1.807) is 12.1 Å². The van der Waals surface area contributed by atoms with Crippen LogP contribution in [0, 0.1) is 5.82 Å². The van der Waals surface area contributed by atoms with Gasteiger partial charge < -0.3 is 5.32 Å². The van der Waals surface area contributed by atoms with E-state index in [-0.39, 0.29) is 11.4 Å². The van der Waals surface area contributed by atoms with Crippen molar-refractivity contribution in [3.05, 3.63) is 46.3 Å². The molecule has 1 aromatic rings. The molecule has 0 heterocycles. The Labute approximate surface area is 120 Å². The number of hydrogen-bond donors (Lipinski definition) is 1. The van der Waals surface area contributed by atoms with Crippen molar-refractivity contribution in [1.82, 2.24) is 5.32 Å². The van der Waals surface area contributed by atoms with E-state index in [0.717, 1.165) is 18.5 Å². The summed E-state index contributed by atoms with van der Waals surface area (Å²) in [5, 5.41) is 4.00. The molecule has 0 aliphatic heterocycles. The number of allylic oxidation sites excluding steroid dienone is 1. The summed E-state index contributed by atoms with van der Waals surface area (Å²) >= 11 is 5.88. The summed E-state index contributed by atoms with van der Waals surface area (Å²) in [7, 11) is 0. The lowest BCUT2D eigenvalue weighted by atomic mass is 10.0. The first-order chi connectivity index (χ1) is 8.78. The van der Waals surface area contributed by atoms with Crippen LogP contribution in [-0.4, -0.2) is 12.1 Å². The molecule has 1 aromatic carbocycles. The molecule has 0 saturated carbocycles. The van der Waals surface area contributed by atoms with Gasteiger partial charge in [0.05, 0.1) is 0 Å². The monoisotopic (exact) mass is 283 g/mol. The number of hydrogen-bond acceptors (Lipinski definition) is 1. The molecule has 1 rings (SSSR count). The highest BCUT2D eigenvalue weighted by molar-refractivity contribution is 6.30. The molecule has 106 valence electrons. The zero-order valence-corrected chi connectivity index (χ0v) is 12.9. The Morgan fingerprint density at radius 3 is 2.68 bits per heavy atom. The lowest BCUT2D eigenvalue weighted by Gasteiger charge is -2.19. The predicted octanol–water partition coefficient (Wildman–Crippen LogP) is 4.75. The van der Waals surface area contributed by atoms with Gasteiger partial charge in [-0.3, -0.25) is 0 Å². The third-order valence-electron chi connectivity index (χ3n) is 2.77.